The van der Waals surface area contributed by atoms with Crippen molar-refractivity contribution in [2.75, 3.05) is 39.3 Å². The fourth-order valence-corrected chi connectivity index (χ4v) is 4.09. The average molecular weight is 400 g/mol. The molecular weight excluding hydrogens is 380 g/mol. The summed E-state index contributed by atoms with van der Waals surface area (Å²) in [6, 6.07) is 5.31. The molecule has 0 saturated carbocycles. The fourth-order valence-electron chi connectivity index (χ4n) is 3.22. The van der Waals surface area contributed by atoms with E-state index in [4.69, 9.17) is 14.2 Å². The maximum Gasteiger partial charge on any atom is 0.251 e. The summed E-state index contributed by atoms with van der Waals surface area (Å²) in [5.41, 5.74) is 1.40. The lowest BCUT2D eigenvalue weighted by Crippen LogP contribution is -2.59. The fraction of sp³-hybridized carbons (Fsp3) is 0.316. The first-order chi connectivity index (χ1) is 13.6. The average Bonchev–Trinajstić information content (AvgIpc) is 3.18. The summed E-state index contributed by atoms with van der Waals surface area (Å²) >= 11 is 1.62. The van der Waals surface area contributed by atoms with Gasteiger partial charge in [-0.1, -0.05) is 0 Å². The third kappa shape index (κ3) is 3.18. The van der Waals surface area contributed by atoms with Crippen LogP contribution in [0.5, 0.6) is 17.2 Å². The minimum absolute atomic E-state index is 0.0385. The summed E-state index contributed by atoms with van der Waals surface area (Å²) in [5.74, 6) is 2.08. The molecule has 1 fully saturated rings. The molecule has 1 N–H and O–H groups in total. The maximum absolute atomic E-state index is 12.7. The van der Waals surface area contributed by atoms with Crippen LogP contribution in [-0.2, 0) is 0 Å². The van der Waals surface area contributed by atoms with E-state index in [9.17, 15) is 4.79 Å². The molecule has 1 saturated heterocycles. The van der Waals surface area contributed by atoms with Crippen molar-refractivity contribution in [3.63, 3.8) is 0 Å². The Morgan fingerprint density at radius 3 is 2.50 bits per heavy atom. The number of fused-ring (bicyclic) bond motifs is 1. The molecule has 1 amide bonds. The molecule has 0 radical (unpaired) electrons. The monoisotopic (exact) mass is 400 g/mol. The van der Waals surface area contributed by atoms with Gasteiger partial charge in [-0.05, 0) is 23.6 Å². The number of hydrogen-bond acceptors (Lipinski definition) is 8. The molecule has 146 valence electrons. The molecule has 3 heterocycles. The van der Waals surface area contributed by atoms with Crippen molar-refractivity contribution in [2.24, 2.45) is 0 Å². The van der Waals surface area contributed by atoms with Gasteiger partial charge in [0.15, 0.2) is 11.5 Å². The van der Waals surface area contributed by atoms with E-state index in [1.807, 2.05) is 11.4 Å². The van der Waals surface area contributed by atoms with Crippen molar-refractivity contribution >= 4 is 33.3 Å². The number of hydrogen-bond donors (Lipinski definition) is 1. The van der Waals surface area contributed by atoms with E-state index in [2.05, 4.69) is 20.2 Å². The Hall–Kier alpha value is -3.07. The number of nitrogens with zero attached hydrogens (tertiary/aromatic N) is 3. The van der Waals surface area contributed by atoms with Gasteiger partial charge in [0.05, 0.1) is 37.6 Å². The highest BCUT2D eigenvalue weighted by Crippen LogP contribution is 2.38. The lowest BCUT2D eigenvalue weighted by Gasteiger charge is -2.40. The van der Waals surface area contributed by atoms with Gasteiger partial charge in [0.25, 0.3) is 5.91 Å². The first-order valence-corrected chi connectivity index (χ1v) is 9.56. The van der Waals surface area contributed by atoms with Crippen LogP contribution in [0.15, 0.2) is 29.9 Å². The number of rotatable bonds is 6. The zero-order chi connectivity index (χ0) is 19.7. The second-order valence-electron chi connectivity index (χ2n) is 6.32. The highest BCUT2D eigenvalue weighted by molar-refractivity contribution is 7.17. The van der Waals surface area contributed by atoms with Gasteiger partial charge in [0, 0.05) is 18.7 Å². The molecule has 28 heavy (non-hydrogen) atoms. The Kier molecular flexibility index (Phi) is 4.91. The summed E-state index contributed by atoms with van der Waals surface area (Å²) in [4.78, 5) is 23.5. The summed E-state index contributed by atoms with van der Waals surface area (Å²) < 4.78 is 17.0. The second kappa shape index (κ2) is 7.51. The van der Waals surface area contributed by atoms with Crippen LogP contribution in [-0.4, -0.2) is 56.3 Å². The van der Waals surface area contributed by atoms with Crippen molar-refractivity contribution in [2.45, 2.75) is 6.04 Å². The van der Waals surface area contributed by atoms with Crippen LogP contribution in [0.3, 0.4) is 0 Å². The van der Waals surface area contributed by atoms with Crippen LogP contribution in [0, 0.1) is 0 Å². The third-order valence-electron chi connectivity index (χ3n) is 4.67. The number of thiophene rings is 1. The predicted molar refractivity (Wildman–Crippen MR) is 107 cm³/mol. The Balaban J connectivity index is 1.45. The molecule has 0 atom stereocenters. The number of carbonyl (C=O) groups excluding carboxylic acids is 1. The molecule has 0 spiro atoms. The number of benzene rings is 1. The Labute approximate surface area is 166 Å². The van der Waals surface area contributed by atoms with Crippen molar-refractivity contribution < 1.29 is 19.0 Å². The molecule has 4 rings (SSSR count). The molecule has 0 unspecified atom stereocenters. The Bertz CT molecular complexity index is 991. The van der Waals surface area contributed by atoms with Crippen LogP contribution in [0.1, 0.15) is 10.4 Å². The summed E-state index contributed by atoms with van der Waals surface area (Å²) in [6.45, 7) is 1.39. The van der Waals surface area contributed by atoms with Gasteiger partial charge >= 0.3 is 0 Å². The highest BCUT2D eigenvalue weighted by atomic mass is 32.1. The lowest BCUT2D eigenvalue weighted by molar-refractivity contribution is 0.0929. The van der Waals surface area contributed by atoms with E-state index >= 15 is 0 Å². The molecule has 3 aromatic rings. The van der Waals surface area contributed by atoms with Crippen molar-refractivity contribution in [1.82, 2.24) is 15.3 Å². The Morgan fingerprint density at radius 1 is 1.14 bits per heavy atom. The van der Waals surface area contributed by atoms with E-state index < -0.39 is 0 Å². The van der Waals surface area contributed by atoms with Gasteiger partial charge in [0.1, 0.15) is 12.1 Å². The van der Waals surface area contributed by atoms with Crippen LogP contribution in [0.2, 0.25) is 0 Å². The number of aromatic nitrogens is 2. The smallest absolute Gasteiger partial charge is 0.251 e. The van der Waals surface area contributed by atoms with Gasteiger partial charge in [-0.2, -0.15) is 0 Å². The minimum Gasteiger partial charge on any atom is -0.493 e. The molecular formula is C19H20N4O4S. The lowest BCUT2D eigenvalue weighted by atomic mass is 10.1. The zero-order valence-electron chi connectivity index (χ0n) is 15.8. The molecule has 2 aromatic heterocycles. The number of amides is 1. The molecule has 9 heteroatoms. The SMILES string of the molecule is COc1cc(C(=O)NC2CN(c3ncnc4ccsc34)C2)cc(OC)c1OC. The number of carbonyl (C=O) groups is 1. The normalized spacial score (nSPS) is 13.9. The Morgan fingerprint density at radius 2 is 1.86 bits per heavy atom. The first-order valence-electron chi connectivity index (χ1n) is 8.68. The third-order valence-corrected chi connectivity index (χ3v) is 5.57. The van der Waals surface area contributed by atoms with Gasteiger partial charge in [-0.15, -0.1) is 11.3 Å². The molecule has 1 aliphatic rings. The molecule has 1 aromatic carbocycles. The minimum atomic E-state index is -0.187. The quantitative estimate of drug-likeness (QED) is 0.680. The summed E-state index contributed by atoms with van der Waals surface area (Å²) in [6.07, 6.45) is 1.58. The van der Waals surface area contributed by atoms with Crippen molar-refractivity contribution in [3.05, 3.63) is 35.5 Å². The number of ether oxygens (including phenoxy) is 3. The van der Waals surface area contributed by atoms with Crippen LogP contribution < -0.4 is 24.4 Å². The van der Waals surface area contributed by atoms with Crippen LogP contribution in [0.4, 0.5) is 5.82 Å². The standard InChI is InChI=1S/C19H20N4O4S/c1-25-14-6-11(7-15(26-2)16(14)27-3)19(24)22-12-8-23(9-12)18-17-13(4-5-28-17)20-10-21-18/h4-7,10,12H,8-9H2,1-3H3,(H,22,24). The zero-order valence-corrected chi connectivity index (χ0v) is 16.6. The van der Waals surface area contributed by atoms with Gasteiger partial charge in [0.2, 0.25) is 5.75 Å². The van der Waals surface area contributed by atoms with Gasteiger partial charge in [-0.25, -0.2) is 9.97 Å². The molecule has 0 aliphatic carbocycles. The van der Waals surface area contributed by atoms with Gasteiger partial charge < -0.3 is 24.4 Å². The van der Waals surface area contributed by atoms with E-state index in [1.165, 1.54) is 21.3 Å². The molecule has 8 nitrogen and oxygen atoms in total. The largest absolute Gasteiger partial charge is 0.493 e. The first kappa shape index (κ1) is 18.3. The predicted octanol–water partition coefficient (Wildman–Crippen LogP) is 2.34. The number of methoxy groups -OCH3 is 3. The highest BCUT2D eigenvalue weighted by Gasteiger charge is 2.31. The van der Waals surface area contributed by atoms with E-state index in [0.29, 0.717) is 35.9 Å². The van der Waals surface area contributed by atoms with Crippen LogP contribution >= 0.6 is 11.3 Å². The summed E-state index contributed by atoms with van der Waals surface area (Å²) in [7, 11) is 4.58. The number of anilines is 1. The van der Waals surface area contributed by atoms with E-state index in [-0.39, 0.29) is 11.9 Å². The second-order valence-corrected chi connectivity index (χ2v) is 7.24. The van der Waals surface area contributed by atoms with Crippen LogP contribution in [0.25, 0.3) is 10.2 Å². The molecule has 1 aliphatic heterocycles. The van der Waals surface area contributed by atoms with E-state index in [0.717, 1.165) is 16.0 Å². The topological polar surface area (TPSA) is 85.8 Å². The summed E-state index contributed by atoms with van der Waals surface area (Å²) in [5, 5.41) is 5.05. The van der Waals surface area contributed by atoms with Crippen molar-refractivity contribution in [1.29, 1.82) is 0 Å². The molecule has 0 bridgehead atoms. The number of nitrogens with one attached hydrogen (secondary N) is 1. The maximum atomic E-state index is 12.7. The van der Waals surface area contributed by atoms with Gasteiger partial charge in [-0.3, -0.25) is 4.79 Å². The van der Waals surface area contributed by atoms with Crippen molar-refractivity contribution in [3.8, 4) is 17.2 Å². The van der Waals surface area contributed by atoms with E-state index in [1.54, 1.807) is 29.8 Å².